The van der Waals surface area contributed by atoms with Crippen LogP contribution in [0, 0.1) is 0 Å². The first kappa shape index (κ1) is 34.2. The van der Waals surface area contributed by atoms with Crippen molar-refractivity contribution in [1.82, 2.24) is 9.88 Å². The average molecular weight is 569 g/mol. The lowest BCUT2D eigenvalue weighted by molar-refractivity contribution is -0.170. The van der Waals surface area contributed by atoms with Crippen LogP contribution in [0.15, 0.2) is 54.8 Å². The molecule has 0 fully saturated rings. The highest BCUT2D eigenvalue weighted by Crippen LogP contribution is 2.19. The Balaban J connectivity index is 0.00000882. The van der Waals surface area contributed by atoms with Gasteiger partial charge in [-0.05, 0) is 63.0 Å². The zero-order chi connectivity index (χ0) is 29.5. The number of unbranched alkanes of at least 4 members (excludes halogenated alkanes) is 9. The Kier molecular flexibility index (Phi) is 18.1. The fraction of sp³-hybridized carbons (Fsp3) is 0.600. The van der Waals surface area contributed by atoms with Gasteiger partial charge in [-0.25, -0.2) is 4.79 Å². The first-order valence-electron chi connectivity index (χ1n) is 16.0. The summed E-state index contributed by atoms with van der Waals surface area (Å²) in [4.78, 5) is 30.0. The molecule has 0 aliphatic rings. The Labute approximate surface area is 250 Å². The highest BCUT2D eigenvalue weighted by atomic mass is 16.7. The van der Waals surface area contributed by atoms with E-state index in [0.717, 1.165) is 61.4 Å². The van der Waals surface area contributed by atoms with Crippen molar-refractivity contribution in [3.63, 3.8) is 0 Å². The molecule has 0 saturated carbocycles. The second-order valence-corrected chi connectivity index (χ2v) is 11.0. The number of allylic oxidation sites excluding steroid dienone is 4. The number of benzene rings is 1. The third kappa shape index (κ3) is 15.0. The maximum Gasteiger partial charge on any atom is 0.412 e. The number of amides is 1. The van der Waals surface area contributed by atoms with E-state index in [1.54, 1.807) is 11.9 Å². The van der Waals surface area contributed by atoms with Gasteiger partial charge in [0.25, 0.3) is 0 Å². The minimum Gasteiger partial charge on any atom is -0.425 e. The zero-order valence-electron chi connectivity index (χ0n) is 25.9. The Morgan fingerprint density at radius 3 is 2.32 bits per heavy atom. The average Bonchev–Trinajstić information content (AvgIpc) is 3.39. The normalized spacial score (nSPS) is 12.4. The van der Waals surface area contributed by atoms with Gasteiger partial charge in [0.15, 0.2) is 0 Å². The van der Waals surface area contributed by atoms with E-state index in [4.69, 9.17) is 9.47 Å². The Morgan fingerprint density at radius 2 is 1.56 bits per heavy atom. The summed E-state index contributed by atoms with van der Waals surface area (Å²) in [5, 5.41) is 1.16. The highest BCUT2D eigenvalue weighted by molar-refractivity contribution is 5.83. The Hall–Kier alpha value is -3.02. The number of likely N-dealkylation sites (N-methyl/N-ethyl adjacent to an activating group) is 1. The number of nitrogens with one attached hydrogen (secondary N) is 1. The van der Waals surface area contributed by atoms with Gasteiger partial charge in [0.2, 0.25) is 6.29 Å². The molecule has 1 atom stereocenters. The van der Waals surface area contributed by atoms with Gasteiger partial charge in [-0.3, -0.25) is 4.79 Å². The summed E-state index contributed by atoms with van der Waals surface area (Å²) in [6.45, 7) is 4.82. The van der Waals surface area contributed by atoms with E-state index in [1.165, 1.54) is 38.5 Å². The van der Waals surface area contributed by atoms with Crippen molar-refractivity contribution >= 4 is 23.0 Å². The number of ether oxygens (including phenoxy) is 2. The van der Waals surface area contributed by atoms with E-state index >= 15 is 0 Å². The van der Waals surface area contributed by atoms with E-state index in [1.807, 2.05) is 24.4 Å². The van der Waals surface area contributed by atoms with Gasteiger partial charge in [-0.15, -0.1) is 0 Å². The molecule has 0 spiro atoms. The van der Waals surface area contributed by atoms with Crippen LogP contribution in [0.5, 0.6) is 0 Å². The van der Waals surface area contributed by atoms with Gasteiger partial charge in [0, 0.05) is 45.0 Å². The van der Waals surface area contributed by atoms with Gasteiger partial charge >= 0.3 is 12.1 Å². The number of hydrogen-bond donors (Lipinski definition) is 1. The van der Waals surface area contributed by atoms with E-state index < -0.39 is 12.4 Å². The van der Waals surface area contributed by atoms with Crippen molar-refractivity contribution < 1.29 is 20.5 Å². The monoisotopic (exact) mass is 568 g/mol. The summed E-state index contributed by atoms with van der Waals surface area (Å²) in [7, 11) is 1.72. The minimum atomic E-state index is -0.830. The van der Waals surface area contributed by atoms with Crippen LogP contribution >= 0.6 is 0 Å². The smallest absolute Gasteiger partial charge is 0.412 e. The highest BCUT2D eigenvalue weighted by Gasteiger charge is 2.21. The van der Waals surface area contributed by atoms with Crippen LogP contribution in [0.1, 0.15) is 117 Å². The van der Waals surface area contributed by atoms with Crippen LogP contribution in [-0.4, -0.2) is 41.8 Å². The maximum atomic E-state index is 12.7. The molecule has 2 aromatic rings. The maximum absolute atomic E-state index is 12.7. The van der Waals surface area contributed by atoms with Crippen LogP contribution in [-0.2, 0) is 20.7 Å². The molecule has 1 unspecified atom stereocenters. The van der Waals surface area contributed by atoms with E-state index in [9.17, 15) is 9.59 Å². The number of carbonyl (C=O) groups is 2. The number of aromatic amines is 1. The third-order valence-corrected chi connectivity index (χ3v) is 7.32. The summed E-state index contributed by atoms with van der Waals surface area (Å²) < 4.78 is 11.2. The lowest BCUT2D eigenvalue weighted by atomic mass is 10.1. The number of rotatable bonds is 22. The quantitative estimate of drug-likeness (QED) is 0.0664. The lowest BCUT2D eigenvalue weighted by Crippen LogP contribution is -2.34. The first-order chi connectivity index (χ1) is 20.0. The number of hydrogen-bond acceptors (Lipinski definition) is 4. The molecule has 1 amide bonds. The molecule has 1 heterocycles. The fourth-order valence-corrected chi connectivity index (χ4v) is 4.72. The largest absolute Gasteiger partial charge is 0.425 e. The molecular weight excluding hydrogens is 512 g/mol. The minimum absolute atomic E-state index is 0. The predicted octanol–water partition coefficient (Wildman–Crippen LogP) is 9.90. The summed E-state index contributed by atoms with van der Waals surface area (Å²) in [6, 6.07) is 8.13. The standard InChI is InChI=1S/C35H54N2O4.H2/c1-4-6-8-9-10-11-12-13-14-15-16-17-18-19-20-25-33(38)40-34(26-7-5-2)41-35(39)37(3)28-27-30-29-36-32-24-22-21-23-31(30)32;/h10-11,13-14,21-24,29,34,36H,4-9,12,15-20,25-28H2,1-3H3;1H/b11-10-,14-13-;. The molecule has 0 radical (unpaired) electrons. The first-order valence-corrected chi connectivity index (χ1v) is 16.0. The number of para-hydroxylation sites is 1. The van der Waals surface area contributed by atoms with Crippen LogP contribution in [0.25, 0.3) is 10.9 Å². The molecule has 0 bridgehead atoms. The molecule has 0 aliphatic heterocycles. The number of nitrogens with zero attached hydrogens (tertiary/aromatic N) is 1. The van der Waals surface area contributed by atoms with Crippen molar-refractivity contribution in [3.8, 4) is 0 Å². The summed E-state index contributed by atoms with van der Waals surface area (Å²) in [5.41, 5.74) is 2.25. The number of H-pyrrole nitrogens is 1. The molecule has 6 heteroatoms. The third-order valence-electron chi connectivity index (χ3n) is 7.32. The fourth-order valence-electron chi connectivity index (χ4n) is 4.72. The second kappa shape index (κ2) is 21.7. The SMILES string of the molecule is CCCCC/C=C\C/C=C\CCCCCCCC(=O)OC(CCCC)OC(=O)N(C)CCc1c[nH]c2ccccc12.[HH]. The molecule has 1 N–H and O–H groups in total. The Bertz CT molecular complexity index is 1050. The number of fused-ring (bicyclic) bond motifs is 1. The Morgan fingerprint density at radius 1 is 0.878 bits per heavy atom. The topological polar surface area (TPSA) is 71.6 Å². The van der Waals surface area contributed by atoms with Crippen LogP contribution < -0.4 is 0 Å². The van der Waals surface area contributed by atoms with Crippen LogP contribution in [0.2, 0.25) is 0 Å². The zero-order valence-corrected chi connectivity index (χ0v) is 25.9. The van der Waals surface area contributed by atoms with Crippen LogP contribution in [0.3, 0.4) is 0 Å². The van der Waals surface area contributed by atoms with Gasteiger partial charge in [0.05, 0.1) is 0 Å². The van der Waals surface area contributed by atoms with Crippen molar-refractivity contribution in [2.75, 3.05) is 13.6 Å². The molecule has 2 rings (SSSR count). The lowest BCUT2D eigenvalue weighted by Gasteiger charge is -2.22. The number of carbonyl (C=O) groups excluding carboxylic acids is 2. The summed E-state index contributed by atoms with van der Waals surface area (Å²) >= 11 is 0. The molecule has 41 heavy (non-hydrogen) atoms. The molecule has 0 aliphatic carbocycles. The molecule has 1 aromatic carbocycles. The molecule has 1 aromatic heterocycles. The van der Waals surface area contributed by atoms with E-state index in [-0.39, 0.29) is 7.40 Å². The van der Waals surface area contributed by atoms with Gasteiger partial charge in [-0.1, -0.05) is 94.9 Å². The van der Waals surface area contributed by atoms with Gasteiger partial charge in [-0.2, -0.15) is 0 Å². The summed E-state index contributed by atoms with van der Waals surface area (Å²) in [6.07, 6.45) is 25.7. The van der Waals surface area contributed by atoms with Crippen molar-refractivity contribution in [3.05, 3.63) is 60.3 Å². The molecule has 6 nitrogen and oxygen atoms in total. The second-order valence-electron chi connectivity index (χ2n) is 11.0. The number of aromatic nitrogens is 1. The summed E-state index contributed by atoms with van der Waals surface area (Å²) in [5.74, 6) is -0.286. The number of esters is 1. The van der Waals surface area contributed by atoms with E-state index in [2.05, 4.69) is 49.2 Å². The predicted molar refractivity (Wildman–Crippen MR) is 172 cm³/mol. The molecular formula is C35H56N2O4. The van der Waals surface area contributed by atoms with Crippen molar-refractivity contribution in [2.45, 2.75) is 123 Å². The van der Waals surface area contributed by atoms with Gasteiger partial charge in [0.1, 0.15) is 0 Å². The van der Waals surface area contributed by atoms with Crippen LogP contribution in [0.4, 0.5) is 4.79 Å². The molecule has 0 saturated heterocycles. The van der Waals surface area contributed by atoms with E-state index in [0.29, 0.717) is 25.8 Å². The van der Waals surface area contributed by atoms with Crippen molar-refractivity contribution in [1.29, 1.82) is 0 Å². The van der Waals surface area contributed by atoms with Crippen molar-refractivity contribution in [2.24, 2.45) is 0 Å². The van der Waals surface area contributed by atoms with Gasteiger partial charge < -0.3 is 19.4 Å². The molecule has 230 valence electrons.